The van der Waals surface area contributed by atoms with Gasteiger partial charge in [0.1, 0.15) is 9.84 Å². The van der Waals surface area contributed by atoms with E-state index in [4.69, 9.17) is 0 Å². The van der Waals surface area contributed by atoms with Crippen LogP contribution in [0.5, 0.6) is 0 Å². The predicted molar refractivity (Wildman–Crippen MR) is 82.2 cm³/mol. The van der Waals surface area contributed by atoms with Crippen molar-refractivity contribution < 1.29 is 8.42 Å². The van der Waals surface area contributed by atoms with Gasteiger partial charge in [-0.05, 0) is 44.6 Å². The van der Waals surface area contributed by atoms with Crippen molar-refractivity contribution in [1.29, 1.82) is 0 Å². The number of rotatable bonds is 8. The van der Waals surface area contributed by atoms with E-state index in [0.29, 0.717) is 12.0 Å². The largest absolute Gasteiger partial charge is 0.314 e. The maximum Gasteiger partial charge on any atom is 0.150 e. The van der Waals surface area contributed by atoms with Crippen LogP contribution in [0.25, 0.3) is 0 Å². The van der Waals surface area contributed by atoms with Gasteiger partial charge < -0.3 is 5.32 Å². The Balaban J connectivity index is 2.61. The van der Waals surface area contributed by atoms with Crippen LogP contribution in [0, 0.1) is 5.92 Å². The van der Waals surface area contributed by atoms with Crippen molar-refractivity contribution in [3.05, 3.63) is 0 Å². The molecule has 3 nitrogen and oxygen atoms in total. The minimum Gasteiger partial charge on any atom is -0.314 e. The monoisotopic (exact) mass is 289 g/mol. The Morgan fingerprint density at radius 1 is 1.21 bits per heavy atom. The summed E-state index contributed by atoms with van der Waals surface area (Å²) in [6.45, 7) is 5.45. The van der Waals surface area contributed by atoms with Crippen molar-refractivity contribution in [3.63, 3.8) is 0 Å². The van der Waals surface area contributed by atoms with Crippen LogP contribution in [-0.4, -0.2) is 32.5 Å². The first kappa shape index (κ1) is 17.0. The highest BCUT2D eigenvalue weighted by Crippen LogP contribution is 2.32. The van der Waals surface area contributed by atoms with E-state index in [9.17, 15) is 8.42 Å². The molecule has 0 amide bonds. The molecule has 0 heterocycles. The molecule has 1 rings (SSSR count). The van der Waals surface area contributed by atoms with Crippen molar-refractivity contribution in [1.82, 2.24) is 5.32 Å². The van der Waals surface area contributed by atoms with Crippen molar-refractivity contribution in [2.45, 2.75) is 76.5 Å². The van der Waals surface area contributed by atoms with Gasteiger partial charge in [0, 0.05) is 12.3 Å². The van der Waals surface area contributed by atoms with Gasteiger partial charge in [0.05, 0.1) is 5.25 Å². The minimum atomic E-state index is -2.86. The molecule has 0 aliphatic heterocycles. The second kappa shape index (κ2) is 8.25. The van der Waals surface area contributed by atoms with E-state index in [0.717, 1.165) is 32.2 Å². The molecule has 1 fully saturated rings. The summed E-state index contributed by atoms with van der Waals surface area (Å²) >= 11 is 0. The molecule has 0 aromatic carbocycles. The van der Waals surface area contributed by atoms with Gasteiger partial charge in [-0.2, -0.15) is 0 Å². The van der Waals surface area contributed by atoms with Crippen molar-refractivity contribution in [3.8, 4) is 0 Å². The lowest BCUT2D eigenvalue weighted by Crippen LogP contribution is -2.41. The first-order valence-corrected chi connectivity index (χ1v) is 9.86. The summed E-state index contributed by atoms with van der Waals surface area (Å²) in [5.41, 5.74) is 0. The summed E-state index contributed by atoms with van der Waals surface area (Å²) in [5, 5.41) is 3.55. The molecule has 1 saturated carbocycles. The maximum atomic E-state index is 11.8. The van der Waals surface area contributed by atoms with E-state index >= 15 is 0 Å². The van der Waals surface area contributed by atoms with Crippen molar-refractivity contribution in [2.24, 2.45) is 5.92 Å². The van der Waals surface area contributed by atoms with Crippen molar-refractivity contribution >= 4 is 9.84 Å². The van der Waals surface area contributed by atoms with E-state index in [-0.39, 0.29) is 5.25 Å². The van der Waals surface area contributed by atoms with Gasteiger partial charge in [0.2, 0.25) is 0 Å². The van der Waals surface area contributed by atoms with Crippen molar-refractivity contribution in [2.75, 3.05) is 12.8 Å². The number of nitrogens with one attached hydrogen (secondary N) is 1. The fraction of sp³-hybridized carbons (Fsp3) is 1.00. The first-order valence-electron chi connectivity index (χ1n) is 7.91. The van der Waals surface area contributed by atoms with Gasteiger partial charge in [0.25, 0.3) is 0 Å². The molecule has 3 unspecified atom stereocenters. The Morgan fingerprint density at radius 3 is 2.53 bits per heavy atom. The molecule has 1 N–H and O–H groups in total. The Labute approximate surface area is 119 Å². The van der Waals surface area contributed by atoms with Crippen LogP contribution in [-0.2, 0) is 9.84 Å². The van der Waals surface area contributed by atoms with Gasteiger partial charge >= 0.3 is 0 Å². The average Bonchev–Trinajstić information content (AvgIpc) is 2.38. The third-order valence-corrected chi connectivity index (χ3v) is 6.01. The Bertz CT molecular complexity index is 332. The normalized spacial score (nSPS) is 26.3. The second-order valence-corrected chi connectivity index (χ2v) is 8.41. The van der Waals surface area contributed by atoms with Crippen LogP contribution in [0.3, 0.4) is 0 Å². The smallest absolute Gasteiger partial charge is 0.150 e. The SMILES string of the molecule is CCCCC(NCCC)C1CCCC(S(C)(=O)=O)C1. The zero-order chi connectivity index (χ0) is 14.3. The minimum absolute atomic E-state index is 0.0983. The zero-order valence-corrected chi connectivity index (χ0v) is 13.6. The summed E-state index contributed by atoms with van der Waals surface area (Å²) in [6.07, 6.45) is 10.2. The lowest BCUT2D eigenvalue weighted by atomic mass is 9.81. The van der Waals surface area contributed by atoms with Crippen LogP contribution in [0.15, 0.2) is 0 Å². The fourth-order valence-corrected chi connectivity index (χ4v) is 4.39. The summed E-state index contributed by atoms with van der Waals surface area (Å²) in [6, 6.07) is 0.518. The average molecular weight is 289 g/mol. The molecule has 4 heteroatoms. The quantitative estimate of drug-likeness (QED) is 0.746. The van der Waals surface area contributed by atoms with Gasteiger partial charge in [0.15, 0.2) is 0 Å². The summed E-state index contributed by atoms with van der Waals surface area (Å²) in [4.78, 5) is 0. The molecule has 3 atom stereocenters. The zero-order valence-electron chi connectivity index (χ0n) is 12.8. The molecule has 0 radical (unpaired) electrons. The molecule has 0 aromatic heterocycles. The van der Waals surface area contributed by atoms with Crippen LogP contribution < -0.4 is 5.32 Å². The Hall–Kier alpha value is -0.0900. The molecular weight excluding hydrogens is 258 g/mol. The molecule has 0 aromatic rings. The lowest BCUT2D eigenvalue weighted by Gasteiger charge is -2.34. The lowest BCUT2D eigenvalue weighted by molar-refractivity contribution is 0.256. The molecule has 114 valence electrons. The Morgan fingerprint density at radius 2 is 1.95 bits per heavy atom. The summed E-state index contributed by atoms with van der Waals surface area (Å²) in [5.74, 6) is 0.548. The number of unbranched alkanes of at least 4 members (excludes halogenated alkanes) is 1. The Kier molecular flexibility index (Phi) is 7.37. The van der Waals surface area contributed by atoms with E-state index < -0.39 is 9.84 Å². The summed E-state index contributed by atoms with van der Waals surface area (Å²) in [7, 11) is -2.86. The van der Waals surface area contributed by atoms with E-state index in [1.807, 2.05) is 0 Å². The molecule has 1 aliphatic rings. The van der Waals surface area contributed by atoms with E-state index in [1.165, 1.54) is 31.9 Å². The predicted octanol–water partition coefficient (Wildman–Crippen LogP) is 3.15. The highest BCUT2D eigenvalue weighted by atomic mass is 32.2. The summed E-state index contributed by atoms with van der Waals surface area (Å²) < 4.78 is 23.5. The molecule has 0 spiro atoms. The molecular formula is C15H31NO2S. The number of hydrogen-bond acceptors (Lipinski definition) is 3. The maximum absolute atomic E-state index is 11.8. The number of sulfone groups is 1. The first-order chi connectivity index (χ1) is 8.99. The highest BCUT2D eigenvalue weighted by Gasteiger charge is 2.32. The van der Waals surface area contributed by atoms with E-state index in [2.05, 4.69) is 19.2 Å². The molecule has 0 saturated heterocycles. The topological polar surface area (TPSA) is 46.2 Å². The standard InChI is InChI=1S/C15H31NO2S/c1-4-6-10-15(16-11-5-2)13-8-7-9-14(12-13)19(3,17)18/h13-16H,4-12H2,1-3H3. The fourth-order valence-electron chi connectivity index (χ4n) is 3.19. The molecule has 0 bridgehead atoms. The second-order valence-electron chi connectivity index (χ2n) is 6.08. The van der Waals surface area contributed by atoms with Crippen LogP contribution in [0.2, 0.25) is 0 Å². The molecule has 19 heavy (non-hydrogen) atoms. The van der Waals surface area contributed by atoms with Gasteiger partial charge in [-0.1, -0.05) is 33.1 Å². The highest BCUT2D eigenvalue weighted by molar-refractivity contribution is 7.91. The van der Waals surface area contributed by atoms with Gasteiger partial charge in [-0.15, -0.1) is 0 Å². The third-order valence-electron chi connectivity index (χ3n) is 4.37. The van der Waals surface area contributed by atoms with Crippen LogP contribution >= 0.6 is 0 Å². The van der Waals surface area contributed by atoms with Gasteiger partial charge in [-0.3, -0.25) is 0 Å². The number of hydrogen-bond donors (Lipinski definition) is 1. The van der Waals surface area contributed by atoms with Crippen LogP contribution in [0.4, 0.5) is 0 Å². The third kappa shape index (κ3) is 5.82. The van der Waals surface area contributed by atoms with Crippen LogP contribution in [0.1, 0.15) is 65.2 Å². The van der Waals surface area contributed by atoms with Gasteiger partial charge in [-0.25, -0.2) is 8.42 Å². The van der Waals surface area contributed by atoms with E-state index in [1.54, 1.807) is 0 Å². The molecule has 1 aliphatic carbocycles.